The molecule has 7 heteroatoms. The van der Waals surface area contributed by atoms with Crippen LogP contribution in [0.25, 0.3) is 27.9 Å². The Bertz CT molecular complexity index is 1210. The van der Waals surface area contributed by atoms with Crippen molar-refractivity contribution in [3.63, 3.8) is 0 Å². The maximum Gasteiger partial charge on any atom is 0.345 e. The number of pyridine rings is 1. The Kier molecular flexibility index (Phi) is 3.68. The highest BCUT2D eigenvalue weighted by atomic mass is 19.1. The van der Waals surface area contributed by atoms with Crippen LogP contribution < -0.4 is 15.8 Å². The molecule has 27 heavy (non-hydrogen) atoms. The number of nitrogens with one attached hydrogen (secondary N) is 1. The van der Waals surface area contributed by atoms with Gasteiger partial charge >= 0.3 is 5.63 Å². The van der Waals surface area contributed by atoms with Crippen LogP contribution in [0.2, 0.25) is 0 Å². The Balaban J connectivity index is 1.58. The van der Waals surface area contributed by atoms with E-state index in [2.05, 4.69) is 15.2 Å². The predicted octanol–water partition coefficient (Wildman–Crippen LogP) is 2.66. The summed E-state index contributed by atoms with van der Waals surface area (Å²) in [6.45, 7) is 3.72. The Morgan fingerprint density at radius 2 is 1.93 bits per heavy atom. The van der Waals surface area contributed by atoms with E-state index in [0.717, 1.165) is 37.3 Å². The van der Waals surface area contributed by atoms with Crippen LogP contribution in [-0.4, -0.2) is 35.6 Å². The summed E-state index contributed by atoms with van der Waals surface area (Å²) in [5.41, 5.74) is 2.53. The number of nitrogens with zero attached hydrogens (tertiary/aromatic N) is 3. The Labute approximate surface area is 153 Å². The number of halogens is 1. The van der Waals surface area contributed by atoms with Gasteiger partial charge in [0.1, 0.15) is 17.0 Å². The van der Waals surface area contributed by atoms with Gasteiger partial charge in [-0.2, -0.15) is 0 Å². The van der Waals surface area contributed by atoms with Crippen LogP contribution in [0, 0.1) is 5.82 Å². The molecule has 0 bridgehead atoms. The summed E-state index contributed by atoms with van der Waals surface area (Å²) in [5.74, 6) is -0.363. The molecular weight excluding hydrogens is 347 g/mol. The summed E-state index contributed by atoms with van der Waals surface area (Å²) in [6, 6.07) is 10.6. The minimum atomic E-state index is -0.455. The molecule has 4 aromatic rings. The Hall–Kier alpha value is -3.19. The van der Waals surface area contributed by atoms with E-state index >= 15 is 0 Å². The molecule has 0 atom stereocenters. The number of benzene rings is 1. The van der Waals surface area contributed by atoms with Crippen molar-refractivity contribution in [2.24, 2.45) is 0 Å². The molecule has 1 fully saturated rings. The van der Waals surface area contributed by atoms with Gasteiger partial charge in [0.2, 0.25) is 0 Å². The fraction of sp³-hybridized carbons (Fsp3) is 0.200. The van der Waals surface area contributed by atoms with Crippen molar-refractivity contribution in [2.75, 3.05) is 31.1 Å². The van der Waals surface area contributed by atoms with Gasteiger partial charge in [-0.3, -0.25) is 0 Å². The smallest absolute Gasteiger partial charge is 0.345 e. The second-order valence-corrected chi connectivity index (χ2v) is 6.65. The normalized spacial score (nSPS) is 14.9. The first-order chi connectivity index (χ1) is 13.2. The van der Waals surface area contributed by atoms with E-state index in [1.54, 1.807) is 22.7 Å². The Morgan fingerprint density at radius 3 is 2.78 bits per heavy atom. The second kappa shape index (κ2) is 6.21. The quantitative estimate of drug-likeness (QED) is 0.554. The second-order valence-electron chi connectivity index (χ2n) is 6.65. The highest BCUT2D eigenvalue weighted by Gasteiger charge is 2.15. The van der Waals surface area contributed by atoms with Gasteiger partial charge in [0.15, 0.2) is 0 Å². The molecule has 1 aliphatic heterocycles. The molecule has 0 amide bonds. The molecule has 136 valence electrons. The molecule has 0 saturated carbocycles. The first-order valence-electron chi connectivity index (χ1n) is 8.86. The molecule has 4 heterocycles. The molecule has 1 aliphatic rings. The van der Waals surface area contributed by atoms with Gasteiger partial charge in [-0.05, 0) is 30.3 Å². The molecule has 0 unspecified atom stereocenters. The summed E-state index contributed by atoms with van der Waals surface area (Å²) in [7, 11) is 0. The first-order valence-corrected chi connectivity index (χ1v) is 8.86. The third kappa shape index (κ3) is 2.86. The lowest BCUT2D eigenvalue weighted by molar-refractivity contribution is 0.561. The highest BCUT2D eigenvalue weighted by molar-refractivity contribution is 5.84. The zero-order valence-corrected chi connectivity index (χ0v) is 14.5. The van der Waals surface area contributed by atoms with Gasteiger partial charge in [-0.15, -0.1) is 0 Å². The number of hydrogen-bond acceptors (Lipinski definition) is 5. The van der Waals surface area contributed by atoms with Crippen molar-refractivity contribution >= 4 is 22.3 Å². The van der Waals surface area contributed by atoms with Crippen LogP contribution in [0.4, 0.5) is 10.1 Å². The van der Waals surface area contributed by atoms with E-state index in [9.17, 15) is 9.18 Å². The number of hydrogen-bond donors (Lipinski definition) is 1. The average Bonchev–Trinajstić information content (AvgIpc) is 3.10. The number of aromatic nitrogens is 2. The lowest BCUT2D eigenvalue weighted by atomic mass is 10.1. The van der Waals surface area contributed by atoms with Gasteiger partial charge in [0.05, 0.1) is 11.3 Å². The van der Waals surface area contributed by atoms with Crippen molar-refractivity contribution in [3.8, 4) is 11.3 Å². The Morgan fingerprint density at radius 1 is 1.07 bits per heavy atom. The van der Waals surface area contributed by atoms with Crippen LogP contribution in [-0.2, 0) is 0 Å². The molecule has 0 spiro atoms. The van der Waals surface area contributed by atoms with Gasteiger partial charge in [0, 0.05) is 55.7 Å². The summed E-state index contributed by atoms with van der Waals surface area (Å²) in [5, 5.41) is 4.15. The van der Waals surface area contributed by atoms with E-state index < -0.39 is 5.63 Å². The monoisotopic (exact) mass is 364 g/mol. The number of anilines is 1. The molecule has 5 rings (SSSR count). The molecule has 6 nitrogen and oxygen atoms in total. The maximum absolute atomic E-state index is 13.4. The van der Waals surface area contributed by atoms with Crippen molar-refractivity contribution < 1.29 is 8.81 Å². The highest BCUT2D eigenvalue weighted by Crippen LogP contribution is 2.25. The summed E-state index contributed by atoms with van der Waals surface area (Å²) in [6.07, 6.45) is 2.96. The largest absolute Gasteiger partial charge is 0.422 e. The van der Waals surface area contributed by atoms with E-state index in [-0.39, 0.29) is 5.82 Å². The molecule has 1 aromatic carbocycles. The van der Waals surface area contributed by atoms with Crippen molar-refractivity contribution in [1.29, 1.82) is 0 Å². The first kappa shape index (κ1) is 16.0. The van der Waals surface area contributed by atoms with Crippen LogP contribution in [0.3, 0.4) is 0 Å². The van der Waals surface area contributed by atoms with E-state index in [0.29, 0.717) is 22.5 Å². The maximum atomic E-state index is 13.4. The zero-order chi connectivity index (χ0) is 18.4. The standard InChI is InChI=1S/C20H17FN4O2/c21-14-2-4-19-23-17(12-25(19)11-14)16-9-13-1-3-15(10-18(13)27-20(16)26)24-7-5-22-6-8-24/h1-4,9-12,22H,5-8H2. The van der Waals surface area contributed by atoms with E-state index in [1.165, 1.54) is 12.3 Å². The number of imidazole rings is 1. The molecule has 0 aliphatic carbocycles. The minimum Gasteiger partial charge on any atom is -0.422 e. The molecule has 1 N–H and O–H groups in total. The van der Waals surface area contributed by atoms with Crippen LogP contribution in [0.5, 0.6) is 0 Å². The number of rotatable bonds is 2. The number of piperazine rings is 1. The average molecular weight is 364 g/mol. The third-order valence-corrected chi connectivity index (χ3v) is 4.89. The summed E-state index contributed by atoms with van der Waals surface area (Å²) in [4.78, 5) is 19.2. The van der Waals surface area contributed by atoms with Gasteiger partial charge < -0.3 is 19.0 Å². The van der Waals surface area contributed by atoms with E-state index in [4.69, 9.17) is 4.42 Å². The summed E-state index contributed by atoms with van der Waals surface area (Å²) >= 11 is 0. The van der Waals surface area contributed by atoms with Crippen molar-refractivity contribution in [1.82, 2.24) is 14.7 Å². The van der Waals surface area contributed by atoms with Crippen molar-refractivity contribution in [2.45, 2.75) is 0 Å². The lowest BCUT2D eigenvalue weighted by Crippen LogP contribution is -2.43. The fourth-order valence-electron chi connectivity index (χ4n) is 3.49. The lowest BCUT2D eigenvalue weighted by Gasteiger charge is -2.29. The van der Waals surface area contributed by atoms with Crippen LogP contribution in [0.1, 0.15) is 0 Å². The zero-order valence-electron chi connectivity index (χ0n) is 14.5. The SMILES string of the molecule is O=c1oc2cc(N3CCNCC3)ccc2cc1-c1cn2cc(F)ccc2n1. The van der Waals surface area contributed by atoms with Gasteiger partial charge in [0.25, 0.3) is 0 Å². The van der Waals surface area contributed by atoms with Crippen LogP contribution in [0.15, 0.2) is 58.0 Å². The predicted molar refractivity (Wildman–Crippen MR) is 102 cm³/mol. The number of fused-ring (bicyclic) bond motifs is 2. The fourth-order valence-corrected chi connectivity index (χ4v) is 3.49. The molecule has 0 radical (unpaired) electrons. The molecular formula is C20H17FN4O2. The summed E-state index contributed by atoms with van der Waals surface area (Å²) < 4.78 is 20.5. The van der Waals surface area contributed by atoms with Crippen molar-refractivity contribution in [3.05, 3.63) is 65.0 Å². The third-order valence-electron chi connectivity index (χ3n) is 4.89. The molecule has 1 saturated heterocycles. The van der Waals surface area contributed by atoms with Gasteiger partial charge in [-0.25, -0.2) is 14.2 Å². The van der Waals surface area contributed by atoms with E-state index in [1.807, 2.05) is 18.2 Å². The van der Waals surface area contributed by atoms with Gasteiger partial charge in [-0.1, -0.05) is 0 Å². The minimum absolute atomic E-state index is 0.363. The topological polar surface area (TPSA) is 62.8 Å². The van der Waals surface area contributed by atoms with Crippen LogP contribution >= 0.6 is 0 Å². The molecule has 3 aromatic heterocycles.